The summed E-state index contributed by atoms with van der Waals surface area (Å²) in [5.41, 5.74) is 0. The van der Waals surface area contributed by atoms with Crippen molar-refractivity contribution in [3.63, 3.8) is 0 Å². The number of amides is 1. The summed E-state index contributed by atoms with van der Waals surface area (Å²) < 4.78 is 22.8. The highest BCUT2D eigenvalue weighted by Crippen LogP contribution is 2.30. The first-order chi connectivity index (χ1) is 37.6. The number of carbonyl (C=O) groups is 1. The average molecular weight is 1100 g/mol. The van der Waals surface area contributed by atoms with Crippen LogP contribution < -0.4 is 5.32 Å². The minimum absolute atomic E-state index is 0.201. The fraction of sp³-hybridized carbons (Fsp3) is 0.984. The molecule has 14 nitrogen and oxygen atoms in total. The molecule has 0 aromatic rings. The van der Waals surface area contributed by atoms with Crippen molar-refractivity contribution in [2.45, 2.75) is 376 Å². The summed E-state index contributed by atoms with van der Waals surface area (Å²) in [6.45, 7) is 2.88. The maximum atomic E-state index is 13.3. The van der Waals surface area contributed by atoms with Crippen LogP contribution in [0.3, 0.4) is 0 Å². The Bertz CT molecular complexity index is 1300. The lowest BCUT2D eigenvalue weighted by molar-refractivity contribution is -0.359. The van der Waals surface area contributed by atoms with E-state index in [9.17, 15) is 45.6 Å². The van der Waals surface area contributed by atoms with Crippen LogP contribution in [0.25, 0.3) is 0 Å². The van der Waals surface area contributed by atoms with Gasteiger partial charge >= 0.3 is 0 Å². The standard InChI is InChI=1S/C63H123NO13/c1-3-5-7-9-11-13-15-16-17-18-19-20-21-22-23-24-25-26-27-28-29-30-31-32-33-34-35-36-37-39-41-43-45-47-55(68)64-51(52(67)46-44-42-40-38-14-12-10-8-6-4-2)50-74-62-60(73)58(71)61(54(49-66)76-62)77-63-59(72)57(70)56(69)53(48-65)75-63/h51-54,56-63,65-67,69-73H,3-50H2,1-2H3,(H,64,68). The van der Waals surface area contributed by atoms with Gasteiger partial charge in [-0.1, -0.05) is 284 Å². The van der Waals surface area contributed by atoms with Crippen molar-refractivity contribution >= 4 is 5.91 Å². The van der Waals surface area contributed by atoms with E-state index in [1.54, 1.807) is 0 Å². The molecule has 77 heavy (non-hydrogen) atoms. The third kappa shape index (κ3) is 34.9. The van der Waals surface area contributed by atoms with Gasteiger partial charge in [-0.2, -0.15) is 0 Å². The van der Waals surface area contributed by atoms with Gasteiger partial charge in [-0.05, 0) is 12.8 Å². The van der Waals surface area contributed by atoms with E-state index >= 15 is 0 Å². The lowest BCUT2D eigenvalue weighted by Crippen LogP contribution is -2.65. The molecular weight excluding hydrogens is 979 g/mol. The van der Waals surface area contributed by atoms with Gasteiger partial charge in [0, 0.05) is 6.42 Å². The van der Waals surface area contributed by atoms with Gasteiger partial charge in [0.2, 0.25) is 5.91 Å². The summed E-state index contributed by atoms with van der Waals surface area (Å²) in [4.78, 5) is 13.3. The number of aliphatic hydroxyl groups excluding tert-OH is 8. The molecule has 2 saturated heterocycles. The van der Waals surface area contributed by atoms with E-state index in [2.05, 4.69) is 19.2 Å². The van der Waals surface area contributed by atoms with Gasteiger partial charge in [0.15, 0.2) is 12.6 Å². The van der Waals surface area contributed by atoms with E-state index in [-0.39, 0.29) is 12.5 Å². The molecular formula is C63H123NO13. The van der Waals surface area contributed by atoms with Crippen LogP contribution in [0.15, 0.2) is 0 Å². The molecule has 0 spiro atoms. The molecule has 0 aliphatic carbocycles. The summed E-state index contributed by atoms with van der Waals surface area (Å²) in [5.74, 6) is -0.201. The Kier molecular flexibility index (Phi) is 46.4. The van der Waals surface area contributed by atoms with Crippen LogP contribution in [0, 0.1) is 0 Å². The SMILES string of the molecule is CCCCCCCCCCCCCCCCCCCCCCCCCCCCCCCCCCCC(=O)NC(COC1OC(CO)C(OC2OC(CO)C(O)C(O)C2O)C(O)C1O)C(O)CCCCCCCCCCCC. The third-order valence-electron chi connectivity index (χ3n) is 16.6. The Morgan fingerprint density at radius 1 is 0.416 bits per heavy atom. The molecule has 0 aromatic heterocycles. The van der Waals surface area contributed by atoms with Crippen molar-refractivity contribution in [2.75, 3.05) is 19.8 Å². The molecule has 0 saturated carbocycles. The molecule has 1 amide bonds. The number of rotatable bonds is 54. The number of nitrogens with one attached hydrogen (secondary N) is 1. The summed E-state index contributed by atoms with van der Waals surface area (Å²) >= 11 is 0. The molecule has 0 aromatic carbocycles. The van der Waals surface area contributed by atoms with Gasteiger partial charge in [0.05, 0.1) is 32.0 Å². The maximum absolute atomic E-state index is 13.3. The summed E-state index contributed by atoms with van der Waals surface area (Å²) in [5, 5.41) is 87.1. The highest BCUT2D eigenvalue weighted by Gasteiger charge is 2.51. The second-order valence-corrected chi connectivity index (χ2v) is 23.6. The molecule has 2 rings (SSSR count). The predicted molar refractivity (Wildman–Crippen MR) is 309 cm³/mol. The molecule has 2 aliphatic rings. The molecule has 0 bridgehead atoms. The quantitative estimate of drug-likeness (QED) is 0.0259. The number of unbranched alkanes of at least 4 members (excludes halogenated alkanes) is 41. The molecule has 0 radical (unpaired) electrons. The van der Waals surface area contributed by atoms with Gasteiger partial charge in [-0.3, -0.25) is 4.79 Å². The third-order valence-corrected chi connectivity index (χ3v) is 16.6. The van der Waals surface area contributed by atoms with Crippen LogP contribution in [0.5, 0.6) is 0 Å². The summed E-state index contributed by atoms with van der Waals surface area (Å²) in [6, 6.07) is -0.821. The number of hydrogen-bond donors (Lipinski definition) is 9. The second-order valence-electron chi connectivity index (χ2n) is 23.6. The van der Waals surface area contributed by atoms with Crippen molar-refractivity contribution < 1.29 is 64.6 Å². The van der Waals surface area contributed by atoms with Gasteiger partial charge in [-0.25, -0.2) is 0 Å². The average Bonchev–Trinajstić information content (AvgIpc) is 3.45. The van der Waals surface area contributed by atoms with Crippen LogP contribution in [-0.4, -0.2) is 140 Å². The zero-order valence-corrected chi connectivity index (χ0v) is 49.5. The first-order valence-corrected chi connectivity index (χ1v) is 32.8. The molecule has 14 heteroatoms. The first-order valence-electron chi connectivity index (χ1n) is 32.8. The molecule has 2 heterocycles. The van der Waals surface area contributed by atoms with Crippen LogP contribution in [0.2, 0.25) is 0 Å². The number of hydrogen-bond acceptors (Lipinski definition) is 13. The number of carbonyl (C=O) groups excluding carboxylic acids is 1. The smallest absolute Gasteiger partial charge is 0.220 e. The van der Waals surface area contributed by atoms with Gasteiger partial charge in [0.25, 0.3) is 0 Å². The van der Waals surface area contributed by atoms with Crippen LogP contribution in [-0.2, 0) is 23.7 Å². The molecule has 12 unspecified atom stereocenters. The first kappa shape index (κ1) is 72.1. The molecule has 2 aliphatic heterocycles. The van der Waals surface area contributed by atoms with Crippen molar-refractivity contribution in [3.8, 4) is 0 Å². The van der Waals surface area contributed by atoms with Gasteiger partial charge in [0.1, 0.15) is 48.8 Å². The fourth-order valence-corrected chi connectivity index (χ4v) is 11.3. The minimum atomic E-state index is -1.78. The second kappa shape index (κ2) is 49.6. The molecule has 2 fully saturated rings. The summed E-state index contributed by atoms with van der Waals surface area (Å²) in [6.07, 6.45) is 40.1. The van der Waals surface area contributed by atoms with Crippen molar-refractivity contribution in [2.24, 2.45) is 0 Å². The Morgan fingerprint density at radius 2 is 0.740 bits per heavy atom. The number of aliphatic hydroxyl groups is 8. The van der Waals surface area contributed by atoms with Crippen molar-refractivity contribution in [1.29, 1.82) is 0 Å². The molecule has 458 valence electrons. The van der Waals surface area contributed by atoms with Crippen LogP contribution >= 0.6 is 0 Å². The van der Waals surface area contributed by atoms with Crippen molar-refractivity contribution in [1.82, 2.24) is 5.32 Å². The molecule has 12 atom stereocenters. The normalized spacial score (nSPS) is 24.6. The summed E-state index contributed by atoms with van der Waals surface area (Å²) in [7, 11) is 0. The fourth-order valence-electron chi connectivity index (χ4n) is 11.3. The van der Waals surface area contributed by atoms with E-state index in [0.717, 1.165) is 51.4 Å². The van der Waals surface area contributed by atoms with E-state index in [1.807, 2.05) is 0 Å². The largest absolute Gasteiger partial charge is 0.394 e. The number of ether oxygens (including phenoxy) is 4. The maximum Gasteiger partial charge on any atom is 0.220 e. The lowest BCUT2D eigenvalue weighted by atomic mass is 9.97. The Morgan fingerprint density at radius 3 is 1.10 bits per heavy atom. The van der Waals surface area contributed by atoms with Gasteiger partial charge in [-0.15, -0.1) is 0 Å². The monoisotopic (exact) mass is 1100 g/mol. The highest BCUT2D eigenvalue weighted by molar-refractivity contribution is 5.76. The predicted octanol–water partition coefficient (Wildman–Crippen LogP) is 12.1. The highest BCUT2D eigenvalue weighted by atomic mass is 16.7. The van der Waals surface area contributed by atoms with Crippen LogP contribution in [0.1, 0.15) is 303 Å². The van der Waals surface area contributed by atoms with E-state index in [4.69, 9.17) is 18.9 Å². The zero-order valence-electron chi connectivity index (χ0n) is 49.5. The topological polar surface area (TPSA) is 228 Å². The van der Waals surface area contributed by atoms with Gasteiger partial charge < -0.3 is 65.1 Å². The molecule has 9 N–H and O–H groups in total. The Labute approximate surface area is 470 Å². The zero-order chi connectivity index (χ0) is 56.0. The van der Waals surface area contributed by atoms with Crippen LogP contribution in [0.4, 0.5) is 0 Å². The Balaban J connectivity index is 1.56. The van der Waals surface area contributed by atoms with Crippen molar-refractivity contribution in [3.05, 3.63) is 0 Å². The van der Waals surface area contributed by atoms with E-state index in [1.165, 1.54) is 225 Å². The lowest BCUT2D eigenvalue weighted by Gasteiger charge is -2.46. The van der Waals surface area contributed by atoms with E-state index in [0.29, 0.717) is 12.8 Å². The van der Waals surface area contributed by atoms with E-state index < -0.39 is 86.8 Å². The minimum Gasteiger partial charge on any atom is -0.394 e. The Hall–Kier alpha value is -1.01.